The van der Waals surface area contributed by atoms with Crippen molar-refractivity contribution in [2.75, 3.05) is 6.61 Å². The standard InChI is InChI=1S/C19H20O5/c1-3-24-14-8-9-15(12(2)10-14)17(19(22)23)11-13-6-4-5-7-16(13)18(20)21/h4-10,17H,3,11H2,1-2H3,(H,20,21)(H,22,23). The van der Waals surface area contributed by atoms with E-state index in [0.717, 1.165) is 5.56 Å². The summed E-state index contributed by atoms with van der Waals surface area (Å²) in [5.41, 5.74) is 2.10. The first-order valence-electron chi connectivity index (χ1n) is 7.71. The van der Waals surface area contributed by atoms with E-state index in [-0.39, 0.29) is 12.0 Å². The summed E-state index contributed by atoms with van der Waals surface area (Å²) in [5, 5.41) is 18.9. The van der Waals surface area contributed by atoms with Crippen LogP contribution >= 0.6 is 0 Å². The second-order valence-corrected chi connectivity index (χ2v) is 5.51. The number of hydrogen-bond donors (Lipinski definition) is 2. The van der Waals surface area contributed by atoms with Crippen LogP contribution in [0.1, 0.15) is 39.9 Å². The third-order valence-electron chi connectivity index (χ3n) is 3.90. The monoisotopic (exact) mass is 328 g/mol. The molecular formula is C19H20O5. The van der Waals surface area contributed by atoms with Gasteiger partial charge in [-0.25, -0.2) is 4.79 Å². The number of benzene rings is 2. The Kier molecular flexibility index (Phi) is 5.58. The van der Waals surface area contributed by atoms with Gasteiger partial charge in [0, 0.05) is 0 Å². The third kappa shape index (κ3) is 3.93. The number of aliphatic carboxylic acids is 1. The molecule has 0 aromatic heterocycles. The zero-order valence-electron chi connectivity index (χ0n) is 13.7. The number of carbonyl (C=O) groups is 2. The van der Waals surface area contributed by atoms with Crippen molar-refractivity contribution < 1.29 is 24.5 Å². The van der Waals surface area contributed by atoms with Crippen LogP contribution in [0.3, 0.4) is 0 Å². The van der Waals surface area contributed by atoms with E-state index in [1.54, 1.807) is 36.4 Å². The number of carboxylic acids is 2. The number of ether oxygens (including phenoxy) is 1. The van der Waals surface area contributed by atoms with E-state index in [4.69, 9.17) is 4.74 Å². The van der Waals surface area contributed by atoms with Gasteiger partial charge in [0.15, 0.2) is 0 Å². The highest BCUT2D eigenvalue weighted by Crippen LogP contribution is 2.28. The molecular weight excluding hydrogens is 308 g/mol. The minimum Gasteiger partial charge on any atom is -0.494 e. The summed E-state index contributed by atoms with van der Waals surface area (Å²) in [4.78, 5) is 23.1. The maximum absolute atomic E-state index is 11.8. The molecule has 0 bridgehead atoms. The van der Waals surface area contributed by atoms with Crippen LogP contribution in [0.25, 0.3) is 0 Å². The number of hydrogen-bond acceptors (Lipinski definition) is 3. The predicted molar refractivity (Wildman–Crippen MR) is 89.8 cm³/mol. The summed E-state index contributed by atoms with van der Waals surface area (Å²) in [7, 11) is 0. The van der Waals surface area contributed by atoms with Crippen LogP contribution in [-0.2, 0) is 11.2 Å². The molecule has 1 atom stereocenters. The average molecular weight is 328 g/mol. The van der Waals surface area contributed by atoms with E-state index in [2.05, 4.69) is 0 Å². The molecule has 0 aliphatic heterocycles. The van der Waals surface area contributed by atoms with Gasteiger partial charge in [-0.3, -0.25) is 4.79 Å². The third-order valence-corrected chi connectivity index (χ3v) is 3.90. The molecule has 2 aromatic carbocycles. The SMILES string of the molecule is CCOc1ccc(C(Cc2ccccc2C(=O)O)C(=O)O)c(C)c1. The van der Waals surface area contributed by atoms with Crippen LogP contribution < -0.4 is 4.74 Å². The van der Waals surface area contributed by atoms with Crippen molar-refractivity contribution in [2.45, 2.75) is 26.2 Å². The molecule has 0 aliphatic rings. The van der Waals surface area contributed by atoms with Crippen molar-refractivity contribution in [3.63, 3.8) is 0 Å². The predicted octanol–water partition coefficient (Wildman–Crippen LogP) is 3.50. The first-order chi connectivity index (χ1) is 11.4. The van der Waals surface area contributed by atoms with Gasteiger partial charge in [0.05, 0.1) is 18.1 Å². The average Bonchev–Trinajstić information content (AvgIpc) is 2.53. The highest BCUT2D eigenvalue weighted by Gasteiger charge is 2.24. The first-order valence-corrected chi connectivity index (χ1v) is 7.71. The number of aromatic carboxylic acids is 1. The van der Waals surface area contributed by atoms with Crippen LogP contribution in [0.5, 0.6) is 5.75 Å². The maximum atomic E-state index is 11.8. The fourth-order valence-electron chi connectivity index (χ4n) is 2.75. The normalized spacial score (nSPS) is 11.8. The Morgan fingerprint density at radius 3 is 2.42 bits per heavy atom. The van der Waals surface area contributed by atoms with E-state index in [9.17, 15) is 19.8 Å². The van der Waals surface area contributed by atoms with E-state index in [0.29, 0.717) is 23.5 Å². The molecule has 126 valence electrons. The topological polar surface area (TPSA) is 83.8 Å². The molecule has 0 aliphatic carbocycles. The summed E-state index contributed by atoms with van der Waals surface area (Å²) in [6.07, 6.45) is 0.118. The van der Waals surface area contributed by atoms with Crippen molar-refractivity contribution in [3.8, 4) is 5.75 Å². The smallest absolute Gasteiger partial charge is 0.335 e. The minimum absolute atomic E-state index is 0.118. The van der Waals surface area contributed by atoms with E-state index < -0.39 is 17.9 Å². The number of aryl methyl sites for hydroxylation is 1. The molecule has 0 fully saturated rings. The van der Waals surface area contributed by atoms with Gasteiger partial charge < -0.3 is 14.9 Å². The molecule has 0 radical (unpaired) electrons. The lowest BCUT2D eigenvalue weighted by atomic mass is 9.87. The van der Waals surface area contributed by atoms with E-state index in [1.807, 2.05) is 13.8 Å². The van der Waals surface area contributed by atoms with Crippen molar-refractivity contribution in [1.29, 1.82) is 0 Å². The molecule has 5 heteroatoms. The lowest BCUT2D eigenvalue weighted by Crippen LogP contribution is -2.17. The molecule has 0 saturated heterocycles. The van der Waals surface area contributed by atoms with Gasteiger partial charge in [0.25, 0.3) is 0 Å². The maximum Gasteiger partial charge on any atom is 0.335 e. The first kappa shape index (κ1) is 17.5. The van der Waals surface area contributed by atoms with Gasteiger partial charge >= 0.3 is 11.9 Å². The molecule has 0 saturated carbocycles. The van der Waals surface area contributed by atoms with Crippen molar-refractivity contribution >= 4 is 11.9 Å². The van der Waals surface area contributed by atoms with Crippen molar-refractivity contribution in [3.05, 3.63) is 64.7 Å². The van der Waals surface area contributed by atoms with Crippen molar-refractivity contribution in [1.82, 2.24) is 0 Å². The van der Waals surface area contributed by atoms with E-state index in [1.165, 1.54) is 6.07 Å². The lowest BCUT2D eigenvalue weighted by molar-refractivity contribution is -0.138. The van der Waals surface area contributed by atoms with Crippen LogP contribution in [0, 0.1) is 6.92 Å². The molecule has 1 unspecified atom stereocenters. The number of carboxylic acid groups (broad SMARTS) is 2. The van der Waals surface area contributed by atoms with Crippen LogP contribution in [0.4, 0.5) is 0 Å². The fourth-order valence-corrected chi connectivity index (χ4v) is 2.75. The molecule has 0 heterocycles. The molecule has 0 spiro atoms. The Balaban J connectivity index is 2.38. The Hall–Kier alpha value is -2.82. The Morgan fingerprint density at radius 1 is 1.12 bits per heavy atom. The van der Waals surface area contributed by atoms with Crippen LogP contribution in [0.2, 0.25) is 0 Å². The quantitative estimate of drug-likeness (QED) is 0.812. The number of rotatable bonds is 7. The molecule has 2 N–H and O–H groups in total. The van der Waals surface area contributed by atoms with E-state index >= 15 is 0 Å². The summed E-state index contributed by atoms with van der Waals surface area (Å²) < 4.78 is 5.43. The molecule has 24 heavy (non-hydrogen) atoms. The van der Waals surface area contributed by atoms with Crippen molar-refractivity contribution in [2.24, 2.45) is 0 Å². The summed E-state index contributed by atoms with van der Waals surface area (Å²) >= 11 is 0. The largest absolute Gasteiger partial charge is 0.494 e. The Morgan fingerprint density at radius 2 is 1.83 bits per heavy atom. The summed E-state index contributed by atoms with van der Waals surface area (Å²) in [5.74, 6) is -2.17. The minimum atomic E-state index is -1.06. The van der Waals surface area contributed by atoms with Gasteiger partial charge in [-0.1, -0.05) is 24.3 Å². The second-order valence-electron chi connectivity index (χ2n) is 5.51. The molecule has 2 rings (SSSR count). The van der Waals surface area contributed by atoms with Gasteiger partial charge in [-0.05, 0) is 55.2 Å². The highest BCUT2D eigenvalue weighted by atomic mass is 16.5. The van der Waals surface area contributed by atoms with Crippen LogP contribution in [-0.4, -0.2) is 28.8 Å². The second kappa shape index (κ2) is 7.64. The molecule has 2 aromatic rings. The van der Waals surface area contributed by atoms with Gasteiger partial charge in [0.2, 0.25) is 0 Å². The zero-order chi connectivity index (χ0) is 17.7. The zero-order valence-corrected chi connectivity index (χ0v) is 13.7. The van der Waals surface area contributed by atoms with Gasteiger partial charge in [-0.2, -0.15) is 0 Å². The van der Waals surface area contributed by atoms with Gasteiger partial charge in [0.1, 0.15) is 5.75 Å². The fraction of sp³-hybridized carbons (Fsp3) is 0.263. The van der Waals surface area contributed by atoms with Crippen LogP contribution in [0.15, 0.2) is 42.5 Å². The summed E-state index contributed by atoms with van der Waals surface area (Å²) in [6.45, 7) is 4.25. The highest BCUT2D eigenvalue weighted by molar-refractivity contribution is 5.89. The molecule has 5 nitrogen and oxygen atoms in total. The summed E-state index contributed by atoms with van der Waals surface area (Å²) in [6, 6.07) is 11.8. The Bertz CT molecular complexity index is 751. The van der Waals surface area contributed by atoms with Gasteiger partial charge in [-0.15, -0.1) is 0 Å². The lowest BCUT2D eigenvalue weighted by Gasteiger charge is -2.17. The Labute approximate surface area is 140 Å². The molecule has 0 amide bonds.